The number of hydrogen-bond donors (Lipinski definition) is 0. The van der Waals surface area contributed by atoms with E-state index in [1.807, 2.05) is 14.1 Å². The summed E-state index contributed by atoms with van der Waals surface area (Å²) in [5.74, 6) is 0. The summed E-state index contributed by atoms with van der Waals surface area (Å²) in [7, 11) is -6.00. The second-order valence-electron chi connectivity index (χ2n) is 14.1. The van der Waals surface area contributed by atoms with Gasteiger partial charge in [-0.1, -0.05) is 0 Å². The first kappa shape index (κ1) is 38.8. The van der Waals surface area contributed by atoms with Gasteiger partial charge in [0.25, 0.3) is 0 Å². The van der Waals surface area contributed by atoms with Crippen LogP contribution in [0.4, 0.5) is 17.3 Å². The Morgan fingerprint density at radius 2 is 0.500 bits per heavy atom. The fourth-order valence-corrected chi connectivity index (χ4v) is 9.11. The Balaban J connectivity index is 0.000000979. The molecule has 0 amide bonds. The zero-order chi connectivity index (χ0) is 38.4. The Bertz CT molecular complexity index is 2070. The van der Waals surface area contributed by atoms with Crippen molar-refractivity contribution in [1.82, 2.24) is 18.3 Å². The van der Waals surface area contributed by atoms with Crippen molar-refractivity contribution in [3.05, 3.63) is 149 Å². The Labute approximate surface area is 310 Å². The second-order valence-corrected chi connectivity index (χ2v) is 15.2. The minimum atomic E-state index is -6.00. The largest absolute Gasteiger partial charge is 0.673 e. The molecule has 0 aliphatic heterocycles. The number of halogens is 4. The number of aryl methyl sites for hydroxylation is 12. The van der Waals surface area contributed by atoms with Gasteiger partial charge in [-0.05, 0) is 0 Å². The molecule has 279 valence electrons. The molecule has 52 heavy (non-hydrogen) atoms. The van der Waals surface area contributed by atoms with Gasteiger partial charge in [-0.3, -0.25) is 0 Å². The van der Waals surface area contributed by atoms with E-state index in [-0.39, 0.29) is 0 Å². The van der Waals surface area contributed by atoms with Crippen molar-refractivity contribution < 1.29 is 31.3 Å². The van der Waals surface area contributed by atoms with Crippen LogP contribution in [-0.2, 0) is 14.1 Å². The minimum Gasteiger partial charge on any atom is -0.418 e. The van der Waals surface area contributed by atoms with Gasteiger partial charge in [0.15, 0.2) is 0 Å². The van der Waals surface area contributed by atoms with E-state index in [9.17, 15) is 17.3 Å². The molecule has 4 aromatic carbocycles. The van der Waals surface area contributed by atoms with E-state index in [1.165, 1.54) is 89.5 Å². The number of nitrogens with zero attached hydrogens (tertiary/aromatic N) is 4. The maximum atomic E-state index is 9.75. The van der Waals surface area contributed by atoms with Crippen LogP contribution < -0.4 is 0 Å². The molecule has 0 saturated carbocycles. The molecule has 0 fully saturated rings. The summed E-state index contributed by atoms with van der Waals surface area (Å²) in [6.07, 6.45) is 8.97. The van der Waals surface area contributed by atoms with Crippen LogP contribution in [0.15, 0.2) is 73.3 Å². The van der Waals surface area contributed by atoms with Gasteiger partial charge < -0.3 is 17.3 Å². The molecule has 6 rings (SSSR count). The van der Waals surface area contributed by atoms with E-state index in [2.05, 4.69) is 175 Å². The first-order chi connectivity index (χ1) is 24.2. The molecule has 0 atom stereocenters. The molecule has 0 aliphatic rings. The predicted octanol–water partition coefficient (Wildman–Crippen LogP) is 11.7. The SMILES string of the molecule is Cc1cc(C)c(-n2ccn(-c3c(C)cc(C)cc3C)[c]2=[Cu]=[c]2n(-c3c(C)cc(C)cc3C)ccn2-c2c(C)cc(C)cc2C)c(C)c1.F[B-](F)(F)F. The standard InChI is InChI=1S/2C21H24N2.BF4.Cu/c2*1-14-9-16(3)20(17(4)10-14)22-7-8-23(13-22)21-18(5)11-15(2)12-19(21)6;2-1(3,4)5;/h2*7-12H,1-6H3;;/q;;-1;. The van der Waals surface area contributed by atoms with Gasteiger partial charge >= 0.3 is 294 Å². The zero-order valence-corrected chi connectivity index (χ0v) is 33.0. The van der Waals surface area contributed by atoms with Crippen molar-refractivity contribution in [2.75, 3.05) is 0 Å². The first-order valence-electron chi connectivity index (χ1n) is 17.3. The molecule has 0 bridgehead atoms. The first-order valence-corrected chi connectivity index (χ1v) is 18.2. The van der Waals surface area contributed by atoms with E-state index in [0.29, 0.717) is 0 Å². The molecule has 4 nitrogen and oxygen atoms in total. The van der Waals surface area contributed by atoms with Crippen LogP contribution in [0.5, 0.6) is 0 Å². The van der Waals surface area contributed by atoms with Crippen LogP contribution in [-0.4, -0.2) is 25.5 Å². The molecular formula is C42H48BCuF4N4-. The van der Waals surface area contributed by atoms with E-state index in [0.717, 1.165) is 8.65 Å². The van der Waals surface area contributed by atoms with Crippen LogP contribution in [0.2, 0.25) is 0 Å². The van der Waals surface area contributed by atoms with Crippen molar-refractivity contribution in [3.63, 3.8) is 0 Å². The predicted molar refractivity (Wildman–Crippen MR) is 204 cm³/mol. The van der Waals surface area contributed by atoms with Crippen LogP contribution >= 0.6 is 0 Å². The van der Waals surface area contributed by atoms with E-state index in [4.69, 9.17) is 0 Å². The van der Waals surface area contributed by atoms with Crippen LogP contribution in [0, 0.1) is 91.7 Å². The van der Waals surface area contributed by atoms with E-state index >= 15 is 0 Å². The summed E-state index contributed by atoms with van der Waals surface area (Å²) < 4.78 is 50.8. The number of rotatable bonds is 4. The minimum absolute atomic E-state index is 1.12. The Morgan fingerprint density at radius 3 is 0.654 bits per heavy atom. The van der Waals surface area contributed by atoms with Crippen LogP contribution in [0.1, 0.15) is 66.8 Å². The third-order valence-corrected chi connectivity index (χ3v) is 10.4. The molecule has 0 spiro atoms. The maximum absolute atomic E-state index is 9.75. The van der Waals surface area contributed by atoms with Crippen molar-refractivity contribution in [1.29, 1.82) is 0 Å². The van der Waals surface area contributed by atoms with Gasteiger partial charge in [0.1, 0.15) is 0 Å². The molecule has 0 aliphatic carbocycles. The summed E-state index contributed by atoms with van der Waals surface area (Å²) in [6, 6.07) is 18.4. The molecule has 0 radical (unpaired) electrons. The fraction of sp³-hybridized carbons (Fsp3) is 0.286. The number of imidazole rings is 2. The number of hydrogen-bond acceptors (Lipinski definition) is 0. The molecular weight excluding hydrogens is 711 g/mol. The van der Waals surface area contributed by atoms with E-state index in [1.54, 1.807) is 0 Å². The van der Waals surface area contributed by atoms with Crippen molar-refractivity contribution in [2.45, 2.75) is 83.1 Å². The molecule has 2 aromatic heterocycles. The Hall–Kier alpha value is -4.40. The summed E-state index contributed by atoms with van der Waals surface area (Å²) in [4.78, 5) is 0. The summed E-state index contributed by atoms with van der Waals surface area (Å²) in [5, 5.41) is 0. The molecule has 6 aromatic rings. The molecule has 0 N–H and O–H groups in total. The second kappa shape index (κ2) is 14.9. The smallest absolute Gasteiger partial charge is 0.418 e. The van der Waals surface area contributed by atoms with Gasteiger partial charge in [-0.25, -0.2) is 0 Å². The molecule has 0 saturated heterocycles. The van der Waals surface area contributed by atoms with Gasteiger partial charge in [0.05, 0.1) is 0 Å². The molecule has 2 heterocycles. The van der Waals surface area contributed by atoms with E-state index < -0.39 is 7.25 Å². The van der Waals surface area contributed by atoms with Gasteiger partial charge in [0, 0.05) is 0 Å². The maximum Gasteiger partial charge on any atom is 0.673 e. The average Bonchev–Trinajstić information content (AvgIpc) is 3.55. The Morgan fingerprint density at radius 1 is 0.346 bits per heavy atom. The van der Waals surface area contributed by atoms with Crippen molar-refractivity contribution >= 4 is 7.25 Å². The quantitative estimate of drug-likeness (QED) is 0.126. The van der Waals surface area contributed by atoms with Crippen molar-refractivity contribution in [3.8, 4) is 22.7 Å². The zero-order valence-electron chi connectivity index (χ0n) is 32.1. The molecule has 0 unspecified atom stereocenters. The number of aromatic nitrogens is 4. The summed E-state index contributed by atoms with van der Waals surface area (Å²) in [5.41, 5.74) is 20.2. The van der Waals surface area contributed by atoms with Gasteiger partial charge in [0.2, 0.25) is 0 Å². The fourth-order valence-electron chi connectivity index (χ4n) is 7.77. The Kier molecular flexibility index (Phi) is 11.1. The topological polar surface area (TPSA) is 19.7 Å². The summed E-state index contributed by atoms with van der Waals surface area (Å²) >= 11 is 1.96. The third-order valence-electron chi connectivity index (χ3n) is 9.09. The number of benzene rings is 4. The average molecular weight is 759 g/mol. The van der Waals surface area contributed by atoms with Gasteiger partial charge in [-0.15, -0.1) is 0 Å². The normalized spacial score (nSPS) is 11.6. The summed E-state index contributed by atoms with van der Waals surface area (Å²) in [6.45, 7) is 26.6. The van der Waals surface area contributed by atoms with Crippen LogP contribution in [0.3, 0.4) is 0 Å². The monoisotopic (exact) mass is 758 g/mol. The van der Waals surface area contributed by atoms with Crippen molar-refractivity contribution in [2.24, 2.45) is 0 Å². The van der Waals surface area contributed by atoms with Gasteiger partial charge in [-0.2, -0.15) is 0 Å². The van der Waals surface area contributed by atoms with Crippen LogP contribution in [0.25, 0.3) is 22.7 Å². The molecule has 10 heteroatoms. The third kappa shape index (κ3) is 8.14.